The second-order valence-electron chi connectivity index (χ2n) is 8.88. The molecule has 7 heteroatoms. The molecule has 0 radical (unpaired) electrons. The topological polar surface area (TPSA) is 91.6 Å². The van der Waals surface area contributed by atoms with Crippen LogP contribution in [0.5, 0.6) is 0 Å². The molecular formula is C26H24N6O. The number of nitrogens with zero attached hydrogens (tertiary/aromatic N) is 5. The number of fused-ring (bicyclic) bond motifs is 2. The summed E-state index contributed by atoms with van der Waals surface area (Å²) >= 11 is 0. The first kappa shape index (κ1) is 19.7. The normalized spacial score (nSPS) is 13.8. The lowest BCUT2D eigenvalue weighted by Gasteiger charge is -2.17. The fourth-order valence-corrected chi connectivity index (χ4v) is 4.75. The third-order valence-electron chi connectivity index (χ3n) is 6.55. The molecule has 6 rings (SSSR count). The molecule has 1 aliphatic rings. The number of anilines is 1. The lowest BCUT2D eigenvalue weighted by molar-refractivity contribution is 0.657. The lowest BCUT2D eigenvalue weighted by atomic mass is 10.1. The third kappa shape index (κ3) is 3.11. The van der Waals surface area contributed by atoms with Gasteiger partial charge < -0.3 is 5.73 Å². The minimum Gasteiger partial charge on any atom is -0.383 e. The van der Waals surface area contributed by atoms with Crippen LogP contribution in [0.25, 0.3) is 27.5 Å². The van der Waals surface area contributed by atoms with Gasteiger partial charge >= 0.3 is 0 Å². The van der Waals surface area contributed by atoms with E-state index >= 15 is 0 Å². The van der Waals surface area contributed by atoms with E-state index in [1.165, 1.54) is 6.33 Å². The number of nitrogens with two attached hydrogens (primary N) is 1. The Kier molecular flexibility index (Phi) is 4.33. The van der Waals surface area contributed by atoms with Crippen LogP contribution in [-0.2, 0) is 6.54 Å². The van der Waals surface area contributed by atoms with Crippen LogP contribution in [0, 0.1) is 13.8 Å². The number of hydrogen-bond donors (Lipinski definition) is 1. The third-order valence-corrected chi connectivity index (χ3v) is 6.55. The van der Waals surface area contributed by atoms with Crippen LogP contribution in [-0.4, -0.2) is 24.3 Å². The van der Waals surface area contributed by atoms with E-state index in [-0.39, 0.29) is 5.56 Å². The van der Waals surface area contributed by atoms with Crippen LogP contribution in [0.3, 0.4) is 0 Å². The van der Waals surface area contributed by atoms with Crippen molar-refractivity contribution < 1.29 is 0 Å². The molecule has 2 N–H and O–H groups in total. The highest BCUT2D eigenvalue weighted by Crippen LogP contribution is 2.43. The van der Waals surface area contributed by atoms with Gasteiger partial charge in [-0.3, -0.25) is 9.36 Å². The van der Waals surface area contributed by atoms with Crippen molar-refractivity contribution in [1.82, 2.24) is 24.3 Å². The zero-order valence-electron chi connectivity index (χ0n) is 18.6. The van der Waals surface area contributed by atoms with E-state index in [2.05, 4.69) is 16.0 Å². The number of aromatic nitrogens is 5. The monoisotopic (exact) mass is 436 g/mol. The van der Waals surface area contributed by atoms with Crippen LogP contribution in [0.4, 0.5) is 5.82 Å². The van der Waals surface area contributed by atoms with Gasteiger partial charge in [0, 0.05) is 11.6 Å². The fourth-order valence-electron chi connectivity index (χ4n) is 4.75. The van der Waals surface area contributed by atoms with Gasteiger partial charge in [-0.1, -0.05) is 36.4 Å². The first-order chi connectivity index (χ1) is 16.0. The van der Waals surface area contributed by atoms with Gasteiger partial charge in [0.25, 0.3) is 5.56 Å². The van der Waals surface area contributed by atoms with Crippen molar-refractivity contribution in [3.8, 4) is 5.69 Å². The first-order valence-electron chi connectivity index (χ1n) is 11.2. The molecule has 3 aromatic heterocycles. The Morgan fingerprint density at radius 2 is 1.79 bits per heavy atom. The van der Waals surface area contributed by atoms with Gasteiger partial charge in [0.2, 0.25) is 0 Å². The van der Waals surface area contributed by atoms with E-state index < -0.39 is 0 Å². The Morgan fingerprint density at radius 1 is 1.00 bits per heavy atom. The van der Waals surface area contributed by atoms with Crippen molar-refractivity contribution in [2.45, 2.75) is 39.2 Å². The highest BCUT2D eigenvalue weighted by atomic mass is 16.1. The van der Waals surface area contributed by atoms with Gasteiger partial charge in [-0.15, -0.1) is 0 Å². The van der Waals surface area contributed by atoms with Crippen molar-refractivity contribution in [1.29, 1.82) is 0 Å². The standard InChI is InChI=1S/C26H24N6O/c1-15-6-3-4-9-20(15)32-19(12-18-8-5-7-16(2)21(18)26(32)33)13-31-25-22(24(27)28-14-29-25)23(30-31)17-10-11-17/h3-9,12,14,17H,10-11,13H2,1-2H3,(H2,27,28,29). The summed E-state index contributed by atoms with van der Waals surface area (Å²) in [7, 11) is 0. The molecule has 164 valence electrons. The average Bonchev–Trinajstić information content (AvgIpc) is 3.57. The maximum Gasteiger partial charge on any atom is 0.263 e. The summed E-state index contributed by atoms with van der Waals surface area (Å²) in [6.07, 6.45) is 3.68. The van der Waals surface area contributed by atoms with Gasteiger partial charge in [0.05, 0.1) is 28.7 Å². The number of hydrogen-bond acceptors (Lipinski definition) is 5. The highest BCUT2D eigenvalue weighted by molar-refractivity contribution is 5.89. The minimum atomic E-state index is -0.0251. The van der Waals surface area contributed by atoms with E-state index in [0.29, 0.717) is 23.9 Å². The molecule has 0 unspecified atom stereocenters. The second kappa shape index (κ2) is 7.27. The molecule has 1 aliphatic carbocycles. The quantitative estimate of drug-likeness (QED) is 0.455. The van der Waals surface area contributed by atoms with Gasteiger partial charge in [0.1, 0.15) is 12.1 Å². The molecule has 0 saturated heterocycles. The number of rotatable bonds is 4. The van der Waals surface area contributed by atoms with Crippen LogP contribution in [0.1, 0.15) is 41.3 Å². The molecule has 0 atom stereocenters. The Bertz CT molecular complexity index is 1610. The number of aryl methyl sites for hydroxylation is 2. The lowest BCUT2D eigenvalue weighted by Crippen LogP contribution is -2.25. The van der Waals surface area contributed by atoms with Crippen LogP contribution >= 0.6 is 0 Å². The van der Waals surface area contributed by atoms with E-state index in [4.69, 9.17) is 10.8 Å². The van der Waals surface area contributed by atoms with E-state index in [9.17, 15) is 4.79 Å². The van der Waals surface area contributed by atoms with Gasteiger partial charge in [-0.05, 0) is 55.3 Å². The van der Waals surface area contributed by atoms with E-state index in [1.54, 1.807) is 0 Å². The van der Waals surface area contributed by atoms with E-state index in [1.807, 2.05) is 65.6 Å². The van der Waals surface area contributed by atoms with Gasteiger partial charge in [-0.2, -0.15) is 5.10 Å². The molecule has 0 bridgehead atoms. The number of para-hydroxylation sites is 1. The van der Waals surface area contributed by atoms with Crippen molar-refractivity contribution in [2.75, 3.05) is 5.73 Å². The number of benzene rings is 2. The zero-order chi connectivity index (χ0) is 22.7. The van der Waals surface area contributed by atoms with Gasteiger partial charge in [0.15, 0.2) is 5.65 Å². The molecule has 0 spiro atoms. The first-order valence-corrected chi connectivity index (χ1v) is 11.2. The fraction of sp³-hybridized carbons (Fsp3) is 0.231. The summed E-state index contributed by atoms with van der Waals surface area (Å²) in [6, 6.07) is 16.0. The maximum absolute atomic E-state index is 13.8. The molecule has 5 aromatic rings. The summed E-state index contributed by atoms with van der Waals surface area (Å²) in [4.78, 5) is 22.5. The summed E-state index contributed by atoms with van der Waals surface area (Å²) in [5, 5.41) is 7.41. The summed E-state index contributed by atoms with van der Waals surface area (Å²) < 4.78 is 3.69. The van der Waals surface area contributed by atoms with Crippen molar-refractivity contribution >= 4 is 27.6 Å². The number of nitrogen functional groups attached to an aromatic ring is 1. The minimum absolute atomic E-state index is 0.0251. The second-order valence-corrected chi connectivity index (χ2v) is 8.88. The van der Waals surface area contributed by atoms with Crippen LogP contribution < -0.4 is 11.3 Å². The Balaban J connectivity index is 1.63. The molecule has 7 nitrogen and oxygen atoms in total. The van der Waals surface area contributed by atoms with E-state index in [0.717, 1.165) is 57.2 Å². The Hall–Kier alpha value is -4.00. The summed E-state index contributed by atoms with van der Waals surface area (Å²) in [5.74, 6) is 0.860. The molecule has 0 amide bonds. The van der Waals surface area contributed by atoms with Crippen molar-refractivity contribution in [3.63, 3.8) is 0 Å². The van der Waals surface area contributed by atoms with Crippen molar-refractivity contribution in [3.05, 3.63) is 87.7 Å². The average molecular weight is 437 g/mol. The Labute approximate surface area is 190 Å². The molecule has 3 heterocycles. The smallest absolute Gasteiger partial charge is 0.263 e. The molecule has 0 aliphatic heterocycles. The van der Waals surface area contributed by atoms with Crippen LogP contribution in [0.15, 0.2) is 59.7 Å². The molecule has 1 fully saturated rings. The summed E-state index contributed by atoms with van der Waals surface area (Å²) in [6.45, 7) is 4.40. The SMILES string of the molecule is Cc1ccccc1-n1c(Cn2nc(C3CC3)c3c(N)ncnc32)cc2cccc(C)c2c1=O. The zero-order valence-corrected chi connectivity index (χ0v) is 18.6. The van der Waals surface area contributed by atoms with Crippen LogP contribution in [0.2, 0.25) is 0 Å². The predicted molar refractivity (Wildman–Crippen MR) is 130 cm³/mol. The molecule has 1 saturated carbocycles. The molecule has 33 heavy (non-hydrogen) atoms. The van der Waals surface area contributed by atoms with Gasteiger partial charge in [-0.25, -0.2) is 14.6 Å². The molecule has 2 aromatic carbocycles. The van der Waals surface area contributed by atoms with Crippen molar-refractivity contribution in [2.24, 2.45) is 0 Å². The number of pyridine rings is 1. The summed E-state index contributed by atoms with van der Waals surface area (Å²) in [5.41, 5.74) is 11.6. The Morgan fingerprint density at radius 3 is 2.58 bits per heavy atom. The maximum atomic E-state index is 13.8. The highest BCUT2D eigenvalue weighted by Gasteiger charge is 2.31. The predicted octanol–water partition coefficient (Wildman–Crippen LogP) is 4.26. The largest absolute Gasteiger partial charge is 0.383 e. The molecular weight excluding hydrogens is 412 g/mol.